The number of ether oxygens (including phenoxy) is 1. The third kappa shape index (κ3) is 4.66. The van der Waals surface area contributed by atoms with Crippen molar-refractivity contribution in [1.82, 2.24) is 20.5 Å². The summed E-state index contributed by atoms with van der Waals surface area (Å²) in [5, 5.41) is 12.7. The van der Waals surface area contributed by atoms with Crippen LogP contribution < -0.4 is 10.6 Å². The van der Waals surface area contributed by atoms with Crippen molar-refractivity contribution in [2.24, 2.45) is 0 Å². The first-order valence-corrected chi connectivity index (χ1v) is 6.68. The van der Waals surface area contributed by atoms with Crippen LogP contribution in [-0.2, 0) is 9.53 Å². The van der Waals surface area contributed by atoms with Gasteiger partial charge in [0.1, 0.15) is 5.82 Å². The highest BCUT2D eigenvalue weighted by Gasteiger charge is 2.05. The molecule has 7 heteroatoms. The molecule has 1 aromatic heterocycles. The summed E-state index contributed by atoms with van der Waals surface area (Å²) in [5.74, 6) is 1.32. The maximum atomic E-state index is 11.7. The predicted octanol–water partition coefficient (Wildman–Crippen LogP) is 0.955. The van der Waals surface area contributed by atoms with Crippen molar-refractivity contribution in [3.63, 3.8) is 0 Å². The van der Waals surface area contributed by atoms with Crippen LogP contribution in [-0.4, -0.2) is 47.9 Å². The van der Waals surface area contributed by atoms with Crippen molar-refractivity contribution in [3.05, 3.63) is 30.1 Å². The third-order valence-electron chi connectivity index (χ3n) is 2.79. The number of carbonyl (C=O) groups excluding carboxylic acids is 1. The van der Waals surface area contributed by atoms with Crippen molar-refractivity contribution in [2.45, 2.75) is 6.92 Å². The largest absolute Gasteiger partial charge is 0.383 e. The maximum Gasteiger partial charge on any atom is 0.238 e. The van der Waals surface area contributed by atoms with Crippen molar-refractivity contribution < 1.29 is 9.53 Å². The van der Waals surface area contributed by atoms with Gasteiger partial charge in [-0.2, -0.15) is 5.10 Å². The molecule has 21 heavy (non-hydrogen) atoms. The van der Waals surface area contributed by atoms with E-state index < -0.39 is 0 Å². The first kappa shape index (κ1) is 15.1. The fourth-order valence-corrected chi connectivity index (χ4v) is 1.76. The Morgan fingerprint density at radius 1 is 1.33 bits per heavy atom. The van der Waals surface area contributed by atoms with Gasteiger partial charge >= 0.3 is 0 Å². The molecule has 7 nitrogen and oxygen atoms in total. The lowest BCUT2D eigenvalue weighted by atomic mass is 10.2. The Kier molecular flexibility index (Phi) is 5.42. The molecule has 0 radical (unpaired) electrons. The fourth-order valence-electron chi connectivity index (χ4n) is 1.76. The zero-order valence-electron chi connectivity index (χ0n) is 12.1. The van der Waals surface area contributed by atoms with Crippen LogP contribution in [0.1, 0.15) is 5.82 Å². The molecule has 0 fully saturated rings. The summed E-state index contributed by atoms with van der Waals surface area (Å²) in [7, 11) is 1.62. The molecule has 2 rings (SSSR count). The van der Waals surface area contributed by atoms with E-state index in [-0.39, 0.29) is 12.5 Å². The molecule has 1 aromatic carbocycles. The molecular weight excluding hydrogens is 270 g/mol. The Morgan fingerprint density at radius 3 is 2.71 bits per heavy atom. The number of amides is 1. The zero-order valence-corrected chi connectivity index (χ0v) is 12.1. The summed E-state index contributed by atoms with van der Waals surface area (Å²) in [5.41, 5.74) is 1.64. The van der Waals surface area contributed by atoms with Crippen LogP contribution in [0.3, 0.4) is 0 Å². The molecule has 0 saturated heterocycles. The molecule has 2 aromatic rings. The van der Waals surface area contributed by atoms with Gasteiger partial charge in [0, 0.05) is 24.9 Å². The first-order valence-electron chi connectivity index (χ1n) is 6.68. The van der Waals surface area contributed by atoms with Gasteiger partial charge in [0.15, 0.2) is 5.82 Å². The topological polar surface area (TPSA) is 91.9 Å². The number of aromatic amines is 1. The van der Waals surface area contributed by atoms with Gasteiger partial charge in [0.05, 0.1) is 13.2 Å². The predicted molar refractivity (Wildman–Crippen MR) is 79.9 cm³/mol. The van der Waals surface area contributed by atoms with Gasteiger partial charge in [-0.15, -0.1) is 0 Å². The summed E-state index contributed by atoms with van der Waals surface area (Å²) < 4.78 is 4.89. The summed E-state index contributed by atoms with van der Waals surface area (Å²) >= 11 is 0. The number of carbonyl (C=O) groups is 1. The zero-order chi connectivity index (χ0) is 15.1. The van der Waals surface area contributed by atoms with Crippen LogP contribution >= 0.6 is 0 Å². The quantitative estimate of drug-likeness (QED) is 0.660. The molecule has 0 aliphatic rings. The van der Waals surface area contributed by atoms with Gasteiger partial charge in [-0.05, 0) is 31.2 Å². The van der Waals surface area contributed by atoms with Gasteiger partial charge in [-0.25, -0.2) is 4.98 Å². The van der Waals surface area contributed by atoms with E-state index in [1.165, 1.54) is 0 Å². The Morgan fingerprint density at radius 2 is 2.10 bits per heavy atom. The SMILES string of the molecule is COCCNCC(=O)Nc1ccc(-c2n[nH]c(C)n2)cc1. The molecule has 0 unspecified atom stereocenters. The van der Waals surface area contributed by atoms with Crippen molar-refractivity contribution in [3.8, 4) is 11.4 Å². The number of hydrogen-bond donors (Lipinski definition) is 3. The van der Waals surface area contributed by atoms with Crippen LogP contribution in [0.5, 0.6) is 0 Å². The smallest absolute Gasteiger partial charge is 0.238 e. The maximum absolute atomic E-state index is 11.7. The van der Waals surface area contributed by atoms with Crippen LogP contribution in [0.25, 0.3) is 11.4 Å². The summed E-state index contributed by atoms with van der Waals surface area (Å²) in [6.07, 6.45) is 0. The number of nitrogens with one attached hydrogen (secondary N) is 3. The Bertz CT molecular complexity index is 579. The second kappa shape index (κ2) is 7.51. The van der Waals surface area contributed by atoms with E-state index in [1.54, 1.807) is 7.11 Å². The number of rotatable bonds is 7. The van der Waals surface area contributed by atoms with E-state index in [0.29, 0.717) is 19.0 Å². The standard InChI is InChI=1S/C14H19N5O2/c1-10-16-14(19-18-10)11-3-5-12(6-4-11)17-13(20)9-15-7-8-21-2/h3-6,15H,7-9H2,1-2H3,(H,17,20)(H,16,18,19). The highest BCUT2D eigenvalue weighted by Crippen LogP contribution is 2.17. The lowest BCUT2D eigenvalue weighted by molar-refractivity contribution is -0.115. The minimum absolute atomic E-state index is 0.0902. The molecule has 0 atom stereocenters. The number of H-pyrrole nitrogens is 1. The molecule has 0 saturated carbocycles. The molecular formula is C14H19N5O2. The normalized spacial score (nSPS) is 10.6. The monoisotopic (exact) mass is 289 g/mol. The number of nitrogens with zero attached hydrogens (tertiary/aromatic N) is 2. The molecule has 0 bridgehead atoms. The van der Waals surface area contributed by atoms with Gasteiger partial charge in [0.25, 0.3) is 0 Å². The minimum atomic E-state index is -0.0902. The van der Waals surface area contributed by atoms with Crippen molar-refractivity contribution >= 4 is 11.6 Å². The Balaban J connectivity index is 1.86. The second-order valence-corrected chi connectivity index (χ2v) is 4.54. The third-order valence-corrected chi connectivity index (χ3v) is 2.79. The number of aryl methyl sites for hydroxylation is 1. The summed E-state index contributed by atoms with van der Waals surface area (Å²) in [6.45, 7) is 3.33. The van der Waals surface area contributed by atoms with Crippen LogP contribution in [0, 0.1) is 6.92 Å². The van der Waals surface area contributed by atoms with Crippen LogP contribution in [0.15, 0.2) is 24.3 Å². The highest BCUT2D eigenvalue weighted by molar-refractivity contribution is 5.92. The molecule has 0 spiro atoms. The number of methoxy groups -OCH3 is 1. The number of benzene rings is 1. The van der Waals surface area contributed by atoms with Crippen LogP contribution in [0.4, 0.5) is 5.69 Å². The van der Waals surface area contributed by atoms with Gasteiger partial charge in [-0.1, -0.05) is 0 Å². The molecule has 0 aliphatic heterocycles. The molecule has 112 valence electrons. The van der Waals surface area contributed by atoms with E-state index in [0.717, 1.165) is 17.1 Å². The highest BCUT2D eigenvalue weighted by atomic mass is 16.5. The fraction of sp³-hybridized carbons (Fsp3) is 0.357. The number of anilines is 1. The lowest BCUT2D eigenvalue weighted by Crippen LogP contribution is -2.30. The Labute approximate surface area is 123 Å². The van der Waals surface area contributed by atoms with E-state index in [9.17, 15) is 4.79 Å². The molecule has 1 heterocycles. The Hall–Kier alpha value is -2.25. The van der Waals surface area contributed by atoms with E-state index in [4.69, 9.17) is 4.74 Å². The summed E-state index contributed by atoms with van der Waals surface area (Å²) in [6, 6.07) is 7.40. The average molecular weight is 289 g/mol. The van der Waals surface area contributed by atoms with E-state index >= 15 is 0 Å². The van der Waals surface area contributed by atoms with Crippen molar-refractivity contribution in [1.29, 1.82) is 0 Å². The van der Waals surface area contributed by atoms with Crippen LogP contribution in [0.2, 0.25) is 0 Å². The van der Waals surface area contributed by atoms with Gasteiger partial charge in [0.2, 0.25) is 5.91 Å². The van der Waals surface area contributed by atoms with Crippen molar-refractivity contribution in [2.75, 3.05) is 32.1 Å². The van der Waals surface area contributed by atoms with E-state index in [2.05, 4.69) is 25.8 Å². The lowest BCUT2D eigenvalue weighted by Gasteiger charge is -2.06. The van der Waals surface area contributed by atoms with E-state index in [1.807, 2.05) is 31.2 Å². The average Bonchev–Trinajstić information content (AvgIpc) is 2.91. The summed E-state index contributed by atoms with van der Waals surface area (Å²) in [4.78, 5) is 15.9. The molecule has 1 amide bonds. The number of aromatic nitrogens is 3. The van der Waals surface area contributed by atoms with Gasteiger partial charge in [-0.3, -0.25) is 9.89 Å². The number of hydrogen-bond acceptors (Lipinski definition) is 5. The molecule has 0 aliphatic carbocycles. The van der Waals surface area contributed by atoms with Gasteiger partial charge < -0.3 is 15.4 Å². The minimum Gasteiger partial charge on any atom is -0.383 e. The first-order chi connectivity index (χ1) is 10.2. The molecule has 3 N–H and O–H groups in total. The second-order valence-electron chi connectivity index (χ2n) is 4.54.